The molecule has 11 heavy (non-hydrogen) atoms. The smallest absolute Gasteiger partial charge is 0.151 e. The van der Waals surface area contributed by atoms with E-state index >= 15 is 0 Å². The molecule has 0 aromatic carbocycles. The zero-order chi connectivity index (χ0) is 7.52. The van der Waals surface area contributed by atoms with Crippen molar-refractivity contribution in [3.05, 3.63) is 28.8 Å². The number of nitrogens with zero attached hydrogens (tertiary/aromatic N) is 4. The summed E-state index contributed by atoms with van der Waals surface area (Å²) in [6.07, 6.45) is 3.53. The van der Waals surface area contributed by atoms with Gasteiger partial charge in [0.15, 0.2) is 5.82 Å². The molecule has 0 fully saturated rings. The molecular weight excluding hydrogens is 180 g/mol. The molecule has 2 heterocycles. The van der Waals surface area contributed by atoms with Crippen LogP contribution in [0.5, 0.6) is 0 Å². The Morgan fingerprint density at radius 3 is 3.09 bits per heavy atom. The van der Waals surface area contributed by atoms with Gasteiger partial charge >= 0.3 is 0 Å². The summed E-state index contributed by atoms with van der Waals surface area (Å²) in [5.41, 5.74) is 1.69. The van der Waals surface area contributed by atoms with Gasteiger partial charge in [-0.3, -0.25) is 0 Å². The first kappa shape index (κ1) is 6.81. The molecule has 2 aromatic rings. The predicted octanol–water partition coefficient (Wildman–Crippen LogP) is 0.990. The van der Waals surface area contributed by atoms with Crippen LogP contribution < -0.4 is 0 Å². The fourth-order valence-electron chi connectivity index (χ4n) is 0.608. The second kappa shape index (κ2) is 3.02. The van der Waals surface area contributed by atoms with Crippen molar-refractivity contribution in [1.29, 1.82) is 0 Å². The quantitative estimate of drug-likeness (QED) is 0.696. The van der Waals surface area contributed by atoms with Crippen LogP contribution in [0.2, 0.25) is 0 Å². The van der Waals surface area contributed by atoms with Crippen LogP contribution in [0.4, 0.5) is 0 Å². The van der Waals surface area contributed by atoms with Gasteiger partial charge in [-0.2, -0.15) is 4.37 Å². The zero-order valence-electron chi connectivity index (χ0n) is 5.34. The minimum absolute atomic E-state index is 0.723. The molecule has 55 valence electrons. The summed E-state index contributed by atoms with van der Waals surface area (Å²) in [6, 6.07) is 0. The highest BCUT2D eigenvalue weighted by molar-refractivity contribution is 7.05. The third-order valence-electron chi connectivity index (χ3n) is 1.03. The predicted molar refractivity (Wildman–Crippen MR) is 42.3 cm³/mol. The van der Waals surface area contributed by atoms with Crippen molar-refractivity contribution in [2.45, 2.75) is 0 Å². The van der Waals surface area contributed by atoms with Gasteiger partial charge < -0.3 is 0 Å². The molecule has 0 spiro atoms. The van der Waals surface area contributed by atoms with Crippen LogP contribution in [0.1, 0.15) is 10.7 Å². The first-order chi connectivity index (χ1) is 5.45. The second-order valence-corrected chi connectivity index (χ2v) is 3.18. The molecule has 0 bridgehead atoms. The molecule has 0 unspecified atom stereocenters. The van der Waals surface area contributed by atoms with Crippen LogP contribution in [-0.2, 0) is 0 Å². The van der Waals surface area contributed by atoms with Gasteiger partial charge in [0.2, 0.25) is 0 Å². The number of hydrogen-bond donors (Lipinski definition) is 0. The van der Waals surface area contributed by atoms with Crippen LogP contribution in [0.25, 0.3) is 0 Å². The third-order valence-corrected chi connectivity index (χ3v) is 2.13. The lowest BCUT2D eigenvalue weighted by molar-refractivity contribution is 1.14. The van der Waals surface area contributed by atoms with Crippen molar-refractivity contribution < 1.29 is 0 Å². The Morgan fingerprint density at radius 1 is 1.45 bits per heavy atom. The van der Waals surface area contributed by atoms with Crippen molar-refractivity contribution >= 4 is 23.1 Å². The van der Waals surface area contributed by atoms with E-state index in [0.29, 0.717) is 0 Å². The van der Waals surface area contributed by atoms with Crippen molar-refractivity contribution in [2.75, 3.05) is 0 Å². The molecule has 0 saturated carbocycles. The summed E-state index contributed by atoms with van der Waals surface area (Å²) in [7, 11) is 0. The lowest BCUT2D eigenvalue weighted by Gasteiger charge is -1.84. The first-order valence-electron chi connectivity index (χ1n) is 2.83. The topological polar surface area (TPSA) is 51.6 Å². The van der Waals surface area contributed by atoms with Gasteiger partial charge in [-0.25, -0.2) is 4.98 Å². The fraction of sp³-hybridized carbons (Fsp3) is 0. The summed E-state index contributed by atoms with van der Waals surface area (Å²) in [4.78, 5) is 4.97. The maximum absolute atomic E-state index is 4.02. The normalized spacial score (nSPS) is 10.2. The first-order valence-corrected chi connectivity index (χ1v) is 4.44. The Labute approximate surface area is 71.3 Å². The Bertz CT molecular complexity index is 269. The van der Waals surface area contributed by atoms with Crippen molar-refractivity contribution in [3.8, 4) is 0 Å². The maximum atomic E-state index is 4.02. The van der Waals surface area contributed by atoms with E-state index in [9.17, 15) is 0 Å². The van der Waals surface area contributed by atoms with Crippen LogP contribution in [-0.4, -0.2) is 18.9 Å². The van der Waals surface area contributed by atoms with E-state index in [1.807, 2.05) is 6.42 Å². The van der Waals surface area contributed by atoms with E-state index in [1.54, 1.807) is 11.7 Å². The number of rotatable bonds is 2. The van der Waals surface area contributed by atoms with Crippen molar-refractivity contribution in [1.82, 2.24) is 18.9 Å². The third kappa shape index (κ3) is 1.58. The maximum Gasteiger partial charge on any atom is 0.151 e. The molecule has 0 saturated heterocycles. The Balaban J connectivity index is 2.14. The monoisotopic (exact) mass is 183 g/mol. The summed E-state index contributed by atoms with van der Waals surface area (Å²) in [5.74, 6) is 0.723. The van der Waals surface area contributed by atoms with Crippen molar-refractivity contribution in [2.24, 2.45) is 0 Å². The van der Waals surface area contributed by atoms with Crippen LogP contribution in [0, 0.1) is 6.42 Å². The fourth-order valence-corrected chi connectivity index (χ4v) is 1.46. The molecule has 0 aliphatic rings. The molecule has 0 aliphatic carbocycles. The van der Waals surface area contributed by atoms with E-state index in [4.69, 9.17) is 0 Å². The van der Waals surface area contributed by atoms with Gasteiger partial charge in [-0.15, -0.1) is 5.10 Å². The van der Waals surface area contributed by atoms with E-state index in [1.165, 1.54) is 23.1 Å². The van der Waals surface area contributed by atoms with E-state index in [2.05, 4.69) is 18.9 Å². The molecular formula is C5H3N4S2. The number of hydrogen-bond acceptors (Lipinski definition) is 6. The average molecular weight is 183 g/mol. The van der Waals surface area contributed by atoms with Crippen LogP contribution >= 0.6 is 23.1 Å². The van der Waals surface area contributed by atoms with Gasteiger partial charge in [0.05, 0.1) is 17.5 Å². The molecule has 6 heteroatoms. The van der Waals surface area contributed by atoms with Crippen LogP contribution in [0.15, 0.2) is 11.7 Å². The van der Waals surface area contributed by atoms with E-state index < -0.39 is 0 Å². The molecule has 2 rings (SSSR count). The summed E-state index contributed by atoms with van der Waals surface area (Å²) in [6.45, 7) is 0. The highest BCUT2D eigenvalue weighted by Gasteiger charge is 2.01. The van der Waals surface area contributed by atoms with E-state index in [0.717, 1.165) is 10.7 Å². The highest BCUT2D eigenvalue weighted by atomic mass is 32.1. The summed E-state index contributed by atoms with van der Waals surface area (Å²) in [5, 5.41) is 3.69. The zero-order valence-corrected chi connectivity index (χ0v) is 6.97. The van der Waals surface area contributed by atoms with Gasteiger partial charge in [0.25, 0.3) is 0 Å². The molecule has 2 aromatic heterocycles. The van der Waals surface area contributed by atoms with Crippen molar-refractivity contribution in [3.63, 3.8) is 0 Å². The molecule has 1 radical (unpaired) electrons. The lowest BCUT2D eigenvalue weighted by Crippen LogP contribution is -1.82. The number of aromatic nitrogens is 4. The minimum atomic E-state index is 0.723. The Kier molecular flexibility index (Phi) is 1.87. The van der Waals surface area contributed by atoms with Gasteiger partial charge in [-0.05, 0) is 23.1 Å². The molecule has 0 N–H and O–H groups in total. The van der Waals surface area contributed by atoms with Crippen LogP contribution in [0.3, 0.4) is 0 Å². The molecule has 0 aliphatic heterocycles. The van der Waals surface area contributed by atoms with Gasteiger partial charge in [0.1, 0.15) is 5.51 Å². The lowest BCUT2D eigenvalue weighted by atomic mass is 10.4. The minimum Gasteiger partial charge on any atom is -0.227 e. The van der Waals surface area contributed by atoms with Gasteiger partial charge in [-0.1, -0.05) is 4.49 Å². The molecule has 4 nitrogen and oxygen atoms in total. The largest absolute Gasteiger partial charge is 0.227 e. The average Bonchev–Trinajstić information content (AvgIpc) is 2.60. The van der Waals surface area contributed by atoms with Gasteiger partial charge in [0, 0.05) is 0 Å². The summed E-state index contributed by atoms with van der Waals surface area (Å²) >= 11 is 2.66. The highest BCUT2D eigenvalue weighted by Crippen LogP contribution is 2.10. The Morgan fingerprint density at radius 2 is 2.45 bits per heavy atom. The van der Waals surface area contributed by atoms with E-state index in [-0.39, 0.29) is 0 Å². The SMILES string of the molecule is [CH](c1ncsn1)c1cnns1. The summed E-state index contributed by atoms with van der Waals surface area (Å²) < 4.78 is 7.73. The molecule has 0 atom stereocenters. The Hall–Kier alpha value is -0.880. The second-order valence-electron chi connectivity index (χ2n) is 1.75. The molecule has 0 amide bonds. The standard InChI is InChI=1S/C5H3N4S2/c1(4-2-7-9-11-4)5-6-3-10-8-5/h1-3H.